The van der Waals surface area contributed by atoms with Crippen molar-refractivity contribution in [2.75, 3.05) is 5.32 Å². The van der Waals surface area contributed by atoms with E-state index in [4.69, 9.17) is 33.2 Å². The fourth-order valence-corrected chi connectivity index (χ4v) is 2.10. The average Bonchev–Trinajstić information content (AvgIpc) is 2.51. The Morgan fingerprint density at radius 1 is 1.17 bits per heavy atom. The van der Waals surface area contributed by atoms with Crippen LogP contribution >= 0.6 is 23.2 Å². The summed E-state index contributed by atoms with van der Waals surface area (Å²) in [5.74, 6) is 0.182. The number of hydrogen-bond donors (Lipinski definition) is 1. The van der Waals surface area contributed by atoms with Gasteiger partial charge in [-0.1, -0.05) is 23.2 Å². The third kappa shape index (κ3) is 4.38. The summed E-state index contributed by atoms with van der Waals surface area (Å²) < 4.78 is 5.71. The van der Waals surface area contributed by atoms with Gasteiger partial charge in [-0.3, -0.25) is 4.79 Å². The molecule has 0 spiro atoms. The Morgan fingerprint density at radius 3 is 2.43 bits per heavy atom. The molecule has 1 N–H and O–H groups in total. The summed E-state index contributed by atoms with van der Waals surface area (Å²) in [6.07, 6.45) is 0. The van der Waals surface area contributed by atoms with Crippen molar-refractivity contribution in [3.8, 4) is 11.8 Å². The molecular weight excluding hydrogens is 335 g/mol. The first-order chi connectivity index (χ1) is 10.8. The van der Waals surface area contributed by atoms with E-state index >= 15 is 0 Å². The van der Waals surface area contributed by atoms with Gasteiger partial charge in [0, 0.05) is 10.7 Å². The molecule has 0 aliphatic rings. The molecule has 2 aromatic carbocycles. The number of carbonyl (C=O) groups is 1. The van der Waals surface area contributed by atoms with Crippen LogP contribution in [0.25, 0.3) is 0 Å². The molecule has 0 radical (unpaired) electrons. The number of halogens is 2. The highest BCUT2D eigenvalue weighted by atomic mass is 35.5. The molecule has 23 heavy (non-hydrogen) atoms. The second-order valence-corrected chi connectivity index (χ2v) is 6.17. The Morgan fingerprint density at radius 2 is 1.83 bits per heavy atom. The molecule has 0 aromatic heterocycles. The smallest absolute Gasteiger partial charge is 0.267 e. The molecule has 0 fully saturated rings. The van der Waals surface area contributed by atoms with Gasteiger partial charge in [0.15, 0.2) is 5.60 Å². The van der Waals surface area contributed by atoms with Crippen LogP contribution in [0.5, 0.6) is 5.75 Å². The predicted octanol–water partition coefficient (Wildman–Crippen LogP) is 4.66. The summed E-state index contributed by atoms with van der Waals surface area (Å²) in [6, 6.07) is 13.4. The summed E-state index contributed by atoms with van der Waals surface area (Å²) in [5, 5.41) is 12.6. The number of nitrogens with one attached hydrogen (secondary N) is 1. The molecule has 2 aromatic rings. The molecule has 0 bridgehead atoms. The molecule has 0 unspecified atom stereocenters. The van der Waals surface area contributed by atoms with Crippen molar-refractivity contribution >= 4 is 34.8 Å². The summed E-state index contributed by atoms with van der Waals surface area (Å²) in [4.78, 5) is 12.4. The minimum absolute atomic E-state index is 0.292. The first-order valence-corrected chi connectivity index (χ1v) is 7.53. The topological polar surface area (TPSA) is 62.1 Å². The molecule has 0 aliphatic carbocycles. The van der Waals surface area contributed by atoms with Crippen LogP contribution < -0.4 is 10.1 Å². The third-order valence-electron chi connectivity index (χ3n) is 3.08. The van der Waals surface area contributed by atoms with E-state index in [-0.39, 0.29) is 5.91 Å². The third-order valence-corrected chi connectivity index (χ3v) is 3.66. The summed E-state index contributed by atoms with van der Waals surface area (Å²) in [6.45, 7) is 3.30. The summed E-state index contributed by atoms with van der Waals surface area (Å²) >= 11 is 11.7. The first-order valence-electron chi connectivity index (χ1n) is 6.77. The standard InChI is InChI=1S/C17H14Cl2N2O2/c1-17(2,23-14-6-3-12(18)4-7-14)16(22)21-13-5-8-15(19)11(9-13)10-20/h3-9H,1-2H3,(H,21,22). The van der Waals surface area contributed by atoms with Gasteiger partial charge in [-0.15, -0.1) is 0 Å². The van der Waals surface area contributed by atoms with Crippen LogP contribution in [0, 0.1) is 11.3 Å². The lowest BCUT2D eigenvalue weighted by Crippen LogP contribution is -2.42. The normalized spacial score (nSPS) is 10.7. The zero-order valence-corrected chi connectivity index (χ0v) is 14.1. The van der Waals surface area contributed by atoms with Crippen LogP contribution in [0.3, 0.4) is 0 Å². The molecule has 0 saturated heterocycles. The maximum Gasteiger partial charge on any atom is 0.267 e. The van der Waals surface area contributed by atoms with Crippen LogP contribution in [0.1, 0.15) is 19.4 Å². The number of rotatable bonds is 4. The number of hydrogen-bond acceptors (Lipinski definition) is 3. The van der Waals surface area contributed by atoms with Gasteiger partial charge in [0.2, 0.25) is 0 Å². The molecule has 6 heteroatoms. The quantitative estimate of drug-likeness (QED) is 0.873. The van der Waals surface area contributed by atoms with Crippen LogP contribution in [0.2, 0.25) is 10.0 Å². The predicted molar refractivity (Wildman–Crippen MR) is 91.0 cm³/mol. The van der Waals surface area contributed by atoms with Crippen molar-refractivity contribution in [3.63, 3.8) is 0 Å². The van der Waals surface area contributed by atoms with Crippen LogP contribution in [0.15, 0.2) is 42.5 Å². The SMILES string of the molecule is CC(C)(Oc1ccc(Cl)cc1)C(=O)Nc1ccc(Cl)c(C#N)c1. The van der Waals surface area contributed by atoms with E-state index in [1.54, 1.807) is 50.2 Å². The highest BCUT2D eigenvalue weighted by molar-refractivity contribution is 6.31. The molecule has 118 valence electrons. The van der Waals surface area contributed by atoms with E-state index in [2.05, 4.69) is 5.32 Å². The maximum atomic E-state index is 12.4. The molecule has 1 amide bonds. The van der Waals surface area contributed by atoms with Crippen molar-refractivity contribution in [2.45, 2.75) is 19.4 Å². The van der Waals surface area contributed by atoms with Crippen molar-refractivity contribution in [1.82, 2.24) is 0 Å². The van der Waals surface area contributed by atoms with Crippen molar-refractivity contribution < 1.29 is 9.53 Å². The molecule has 0 aliphatic heterocycles. The Hall–Kier alpha value is -2.22. The van der Waals surface area contributed by atoms with Crippen molar-refractivity contribution in [1.29, 1.82) is 5.26 Å². The van der Waals surface area contributed by atoms with Gasteiger partial charge in [-0.25, -0.2) is 0 Å². The fourth-order valence-electron chi connectivity index (χ4n) is 1.81. The molecule has 0 saturated carbocycles. The molecule has 4 nitrogen and oxygen atoms in total. The van der Waals surface area contributed by atoms with Crippen molar-refractivity contribution in [3.05, 3.63) is 58.1 Å². The molecular formula is C17H14Cl2N2O2. The van der Waals surface area contributed by atoms with E-state index in [0.29, 0.717) is 27.0 Å². The number of carbonyl (C=O) groups excluding carboxylic acids is 1. The number of benzene rings is 2. The minimum Gasteiger partial charge on any atom is -0.478 e. The minimum atomic E-state index is -1.11. The Labute approximate surface area is 144 Å². The zero-order valence-electron chi connectivity index (χ0n) is 12.6. The Balaban J connectivity index is 2.12. The second-order valence-electron chi connectivity index (χ2n) is 5.33. The van der Waals surface area contributed by atoms with Gasteiger partial charge >= 0.3 is 0 Å². The largest absolute Gasteiger partial charge is 0.478 e. The van der Waals surface area contributed by atoms with Crippen LogP contribution in [-0.2, 0) is 4.79 Å². The highest BCUT2D eigenvalue weighted by Gasteiger charge is 2.30. The fraction of sp³-hybridized carbons (Fsp3) is 0.176. The summed E-state index contributed by atoms with van der Waals surface area (Å²) in [7, 11) is 0. The molecule has 0 heterocycles. The van der Waals surface area contributed by atoms with E-state index < -0.39 is 5.60 Å². The van der Waals surface area contributed by atoms with E-state index in [1.807, 2.05) is 6.07 Å². The number of ether oxygens (including phenoxy) is 1. The number of nitrogens with zero attached hydrogens (tertiary/aromatic N) is 1. The van der Waals surface area contributed by atoms with Crippen LogP contribution in [-0.4, -0.2) is 11.5 Å². The molecule has 0 atom stereocenters. The highest BCUT2D eigenvalue weighted by Crippen LogP contribution is 2.24. The lowest BCUT2D eigenvalue weighted by molar-refractivity contribution is -0.128. The monoisotopic (exact) mass is 348 g/mol. The van der Waals surface area contributed by atoms with E-state index in [0.717, 1.165) is 0 Å². The van der Waals surface area contributed by atoms with Gasteiger partial charge in [0.25, 0.3) is 5.91 Å². The van der Waals surface area contributed by atoms with Gasteiger partial charge in [-0.2, -0.15) is 5.26 Å². The first kappa shape index (κ1) is 17.1. The van der Waals surface area contributed by atoms with Gasteiger partial charge < -0.3 is 10.1 Å². The summed E-state index contributed by atoms with van der Waals surface area (Å²) in [5.41, 5.74) is -0.343. The number of nitriles is 1. The number of anilines is 1. The van der Waals surface area contributed by atoms with Gasteiger partial charge in [0.05, 0.1) is 10.6 Å². The lowest BCUT2D eigenvalue weighted by Gasteiger charge is -2.25. The van der Waals surface area contributed by atoms with Gasteiger partial charge in [-0.05, 0) is 56.3 Å². The maximum absolute atomic E-state index is 12.4. The molecule has 2 rings (SSSR count). The second kappa shape index (κ2) is 6.91. The van der Waals surface area contributed by atoms with Crippen LogP contribution in [0.4, 0.5) is 5.69 Å². The van der Waals surface area contributed by atoms with Crippen molar-refractivity contribution in [2.24, 2.45) is 0 Å². The number of amides is 1. The average molecular weight is 349 g/mol. The van der Waals surface area contributed by atoms with Gasteiger partial charge in [0.1, 0.15) is 11.8 Å². The lowest BCUT2D eigenvalue weighted by atomic mass is 10.1. The Bertz CT molecular complexity index is 765. The Kier molecular flexibility index (Phi) is 5.15. The zero-order chi connectivity index (χ0) is 17.0. The van der Waals surface area contributed by atoms with E-state index in [9.17, 15) is 4.79 Å². The van der Waals surface area contributed by atoms with E-state index in [1.165, 1.54) is 6.07 Å².